The number of hydrogen-bond donors (Lipinski definition) is 2. The number of fused-ring (bicyclic) bond motifs is 1. The third kappa shape index (κ3) is 6.16. The largest absolute Gasteiger partial charge is 0.321 e. The van der Waals surface area contributed by atoms with Crippen LogP contribution in [-0.2, 0) is 4.79 Å². The number of benzene rings is 3. The van der Waals surface area contributed by atoms with Crippen molar-refractivity contribution in [3.05, 3.63) is 131 Å². The van der Waals surface area contributed by atoms with Crippen molar-refractivity contribution in [1.82, 2.24) is 15.2 Å². The maximum absolute atomic E-state index is 13.3. The Labute approximate surface area is 235 Å². The van der Waals surface area contributed by atoms with Crippen LogP contribution < -0.4 is 10.6 Å². The zero-order chi connectivity index (χ0) is 27.9. The number of rotatable bonds is 9. The first kappa shape index (κ1) is 26.6. The molecule has 3 aromatic carbocycles. The van der Waals surface area contributed by atoms with Gasteiger partial charge in [0.2, 0.25) is 0 Å². The fraction of sp³-hybridized carbons (Fsp3) is 0.0645. The Morgan fingerprint density at radius 3 is 2.27 bits per heavy atom. The topological polar surface area (TPSA) is 108 Å². The lowest BCUT2D eigenvalue weighted by Crippen LogP contribution is -2.31. The highest BCUT2D eigenvalue weighted by Gasteiger charge is 2.34. The summed E-state index contributed by atoms with van der Waals surface area (Å²) in [5.74, 6) is -0.993. The molecular formula is C31H24N4O4S. The van der Waals surface area contributed by atoms with Crippen molar-refractivity contribution in [2.75, 3.05) is 17.6 Å². The quantitative estimate of drug-likeness (QED) is 0.175. The van der Waals surface area contributed by atoms with Crippen molar-refractivity contribution in [2.24, 2.45) is 0 Å². The first-order valence-corrected chi connectivity index (χ1v) is 13.5. The maximum Gasteiger partial charge on any atom is 0.272 e. The van der Waals surface area contributed by atoms with Gasteiger partial charge in [-0.15, -0.1) is 11.8 Å². The lowest BCUT2D eigenvalue weighted by Gasteiger charge is -2.14. The van der Waals surface area contributed by atoms with E-state index in [1.807, 2.05) is 6.07 Å². The monoisotopic (exact) mass is 548 g/mol. The van der Waals surface area contributed by atoms with E-state index in [-0.39, 0.29) is 24.1 Å². The molecule has 40 heavy (non-hydrogen) atoms. The van der Waals surface area contributed by atoms with Crippen molar-refractivity contribution in [2.45, 2.75) is 4.90 Å². The van der Waals surface area contributed by atoms with Crippen molar-refractivity contribution in [3.8, 4) is 0 Å². The Kier molecular flexibility index (Phi) is 8.13. The Bertz CT molecular complexity index is 1570. The number of imide groups is 1. The van der Waals surface area contributed by atoms with Gasteiger partial charge in [-0.2, -0.15) is 0 Å². The van der Waals surface area contributed by atoms with Gasteiger partial charge in [-0.25, -0.2) is 0 Å². The van der Waals surface area contributed by atoms with Gasteiger partial charge in [-0.05, 0) is 60.2 Å². The number of aromatic nitrogens is 1. The summed E-state index contributed by atoms with van der Waals surface area (Å²) in [6.45, 7) is 0.261. The smallest absolute Gasteiger partial charge is 0.272 e. The van der Waals surface area contributed by atoms with Crippen LogP contribution >= 0.6 is 11.8 Å². The molecule has 4 amide bonds. The number of carbonyl (C=O) groups excluding carboxylic acids is 4. The molecule has 0 aliphatic carbocycles. The fourth-order valence-corrected chi connectivity index (χ4v) is 5.02. The van der Waals surface area contributed by atoms with Crippen molar-refractivity contribution in [3.63, 3.8) is 0 Å². The standard InChI is InChI=1S/C31H24N4O4S/c36-28(22-9-2-1-3-10-22)34-27(18-21-8-7-15-32-20-21)29(37)33-23-11-6-12-24(19-23)40-17-16-35-30(38)25-13-4-5-14-26(25)31(35)39/h1-15,18-20H,16-17H2,(H,33,37)(H,34,36)/b27-18+. The van der Waals surface area contributed by atoms with E-state index in [1.54, 1.807) is 103 Å². The Balaban J connectivity index is 1.25. The summed E-state index contributed by atoms with van der Waals surface area (Å²) >= 11 is 1.46. The summed E-state index contributed by atoms with van der Waals surface area (Å²) in [5, 5.41) is 5.55. The second kappa shape index (κ2) is 12.2. The molecule has 0 fully saturated rings. The second-order valence-corrected chi connectivity index (χ2v) is 9.97. The van der Waals surface area contributed by atoms with E-state index in [0.717, 1.165) is 4.90 Å². The average molecular weight is 549 g/mol. The second-order valence-electron chi connectivity index (χ2n) is 8.80. The number of amides is 4. The van der Waals surface area contributed by atoms with Gasteiger partial charge < -0.3 is 10.6 Å². The first-order valence-electron chi connectivity index (χ1n) is 12.5. The minimum absolute atomic E-state index is 0.0607. The molecule has 8 nitrogen and oxygen atoms in total. The van der Waals surface area contributed by atoms with E-state index in [1.165, 1.54) is 16.7 Å². The molecule has 0 atom stereocenters. The molecule has 0 saturated carbocycles. The zero-order valence-electron chi connectivity index (χ0n) is 21.2. The van der Waals surface area contributed by atoms with Gasteiger partial charge in [0.25, 0.3) is 23.6 Å². The molecule has 1 aliphatic rings. The summed E-state index contributed by atoms with van der Waals surface area (Å²) in [4.78, 5) is 57.4. The van der Waals surface area contributed by atoms with Crippen molar-refractivity contribution in [1.29, 1.82) is 0 Å². The van der Waals surface area contributed by atoms with E-state index in [4.69, 9.17) is 0 Å². The van der Waals surface area contributed by atoms with E-state index in [0.29, 0.717) is 33.7 Å². The molecule has 1 aromatic heterocycles. The number of anilines is 1. The van der Waals surface area contributed by atoms with Crippen LogP contribution in [0, 0.1) is 0 Å². The molecule has 0 saturated heterocycles. The molecule has 0 spiro atoms. The average Bonchev–Trinajstić information content (AvgIpc) is 3.23. The lowest BCUT2D eigenvalue weighted by atomic mass is 10.1. The maximum atomic E-state index is 13.3. The first-order chi connectivity index (χ1) is 19.5. The number of carbonyl (C=O) groups is 4. The Morgan fingerprint density at radius 2 is 1.57 bits per heavy atom. The van der Waals surface area contributed by atoms with Crippen LogP contribution in [0.1, 0.15) is 36.6 Å². The minimum atomic E-state index is -0.499. The highest BCUT2D eigenvalue weighted by molar-refractivity contribution is 7.99. The van der Waals surface area contributed by atoms with Crippen LogP contribution in [-0.4, -0.2) is 45.8 Å². The third-order valence-corrected chi connectivity index (χ3v) is 7.05. The molecule has 0 bridgehead atoms. The Morgan fingerprint density at radius 1 is 0.850 bits per heavy atom. The number of thioether (sulfide) groups is 1. The van der Waals surface area contributed by atoms with Crippen molar-refractivity contribution < 1.29 is 19.2 Å². The van der Waals surface area contributed by atoms with E-state index >= 15 is 0 Å². The minimum Gasteiger partial charge on any atom is -0.321 e. The van der Waals surface area contributed by atoms with Crippen LogP contribution in [0.15, 0.2) is 114 Å². The molecular weight excluding hydrogens is 524 g/mol. The summed E-state index contributed by atoms with van der Waals surface area (Å²) in [6, 6.07) is 26.2. The number of hydrogen-bond acceptors (Lipinski definition) is 6. The van der Waals surface area contributed by atoms with Crippen LogP contribution in [0.2, 0.25) is 0 Å². The highest BCUT2D eigenvalue weighted by atomic mass is 32.2. The summed E-state index contributed by atoms with van der Waals surface area (Å²) < 4.78 is 0. The van der Waals surface area contributed by atoms with Gasteiger partial charge in [0, 0.05) is 40.8 Å². The normalized spacial score (nSPS) is 12.7. The van der Waals surface area contributed by atoms with Gasteiger partial charge in [-0.3, -0.25) is 29.1 Å². The van der Waals surface area contributed by atoms with Gasteiger partial charge in [0.15, 0.2) is 0 Å². The summed E-state index contributed by atoms with van der Waals surface area (Å²) in [5.41, 5.74) is 2.52. The number of nitrogens with zero attached hydrogens (tertiary/aromatic N) is 2. The van der Waals surface area contributed by atoms with E-state index in [9.17, 15) is 19.2 Å². The molecule has 1 aliphatic heterocycles. The number of nitrogens with one attached hydrogen (secondary N) is 2. The van der Waals surface area contributed by atoms with Crippen molar-refractivity contribution >= 4 is 47.2 Å². The van der Waals surface area contributed by atoms with E-state index in [2.05, 4.69) is 15.6 Å². The molecule has 0 radical (unpaired) electrons. The molecule has 198 valence electrons. The summed E-state index contributed by atoms with van der Waals surface area (Å²) in [7, 11) is 0. The van der Waals surface area contributed by atoms with Gasteiger partial charge >= 0.3 is 0 Å². The third-order valence-electron chi connectivity index (χ3n) is 6.08. The van der Waals surface area contributed by atoms with Crippen LogP contribution in [0.25, 0.3) is 6.08 Å². The molecule has 5 rings (SSSR count). The van der Waals surface area contributed by atoms with Crippen LogP contribution in [0.4, 0.5) is 5.69 Å². The molecule has 0 unspecified atom stereocenters. The van der Waals surface area contributed by atoms with Gasteiger partial charge in [-0.1, -0.05) is 42.5 Å². The predicted octanol–water partition coefficient (Wildman–Crippen LogP) is 4.88. The van der Waals surface area contributed by atoms with Crippen LogP contribution in [0.5, 0.6) is 0 Å². The van der Waals surface area contributed by atoms with Crippen LogP contribution in [0.3, 0.4) is 0 Å². The SMILES string of the molecule is O=C(Nc1cccc(SCCN2C(=O)c3ccccc3C2=O)c1)/C(=C\c1cccnc1)NC(=O)c1ccccc1. The Hall–Kier alpha value is -5.02. The predicted molar refractivity (Wildman–Crippen MR) is 154 cm³/mol. The summed E-state index contributed by atoms with van der Waals surface area (Å²) in [6.07, 6.45) is 4.77. The van der Waals surface area contributed by atoms with Gasteiger partial charge in [0.1, 0.15) is 5.70 Å². The molecule has 2 heterocycles. The fourth-order valence-electron chi connectivity index (χ4n) is 4.13. The van der Waals surface area contributed by atoms with E-state index < -0.39 is 11.8 Å². The zero-order valence-corrected chi connectivity index (χ0v) is 22.1. The van der Waals surface area contributed by atoms with Gasteiger partial charge in [0.05, 0.1) is 11.1 Å². The molecule has 4 aromatic rings. The highest BCUT2D eigenvalue weighted by Crippen LogP contribution is 2.26. The molecule has 9 heteroatoms. The number of pyridine rings is 1. The molecule has 2 N–H and O–H groups in total. The lowest BCUT2D eigenvalue weighted by molar-refractivity contribution is -0.113.